The maximum absolute atomic E-state index is 12.2. The minimum atomic E-state index is -0.453. The van der Waals surface area contributed by atoms with E-state index in [0.29, 0.717) is 19.7 Å². The van der Waals surface area contributed by atoms with Gasteiger partial charge in [0.25, 0.3) is 0 Å². The van der Waals surface area contributed by atoms with E-state index in [9.17, 15) is 4.79 Å². The number of ether oxygens (including phenoxy) is 3. The summed E-state index contributed by atoms with van der Waals surface area (Å²) in [5.41, 5.74) is 1.94. The summed E-state index contributed by atoms with van der Waals surface area (Å²) in [5, 5.41) is 0. The summed E-state index contributed by atoms with van der Waals surface area (Å²) in [4.78, 5) is 16.4. The maximum Gasteiger partial charge on any atom is 0.410 e. The topological polar surface area (TPSA) is 51.2 Å². The molecule has 0 atom stereocenters. The van der Waals surface area contributed by atoms with E-state index in [0.717, 1.165) is 36.7 Å². The van der Waals surface area contributed by atoms with E-state index < -0.39 is 5.60 Å². The molecular formula is C26H36N2O4. The van der Waals surface area contributed by atoms with Gasteiger partial charge < -0.3 is 19.1 Å². The monoisotopic (exact) mass is 440 g/mol. The molecule has 0 radical (unpaired) electrons. The van der Waals surface area contributed by atoms with Gasteiger partial charge in [0.15, 0.2) is 0 Å². The Balaban J connectivity index is 1.42. The molecule has 1 aliphatic heterocycles. The Kier molecular flexibility index (Phi) is 8.02. The van der Waals surface area contributed by atoms with Crippen LogP contribution in [0, 0.1) is 0 Å². The van der Waals surface area contributed by atoms with Crippen LogP contribution in [0.25, 0.3) is 0 Å². The highest BCUT2D eigenvalue weighted by atomic mass is 16.6. The summed E-state index contributed by atoms with van der Waals surface area (Å²) in [5.74, 6) is 1.68. The average molecular weight is 441 g/mol. The van der Waals surface area contributed by atoms with E-state index >= 15 is 0 Å². The third kappa shape index (κ3) is 7.75. The molecule has 1 aliphatic rings. The largest absolute Gasteiger partial charge is 0.491 e. The predicted molar refractivity (Wildman–Crippen MR) is 126 cm³/mol. The van der Waals surface area contributed by atoms with Crippen LogP contribution in [0.1, 0.15) is 45.7 Å². The quantitative estimate of drug-likeness (QED) is 0.599. The highest BCUT2D eigenvalue weighted by Gasteiger charge is 2.25. The molecule has 2 aromatic rings. The number of hydrogen-bond donors (Lipinski definition) is 0. The summed E-state index contributed by atoms with van der Waals surface area (Å²) in [6.07, 6.45) is -0.0577. The fourth-order valence-electron chi connectivity index (χ4n) is 3.47. The first kappa shape index (κ1) is 23.9. The van der Waals surface area contributed by atoms with Crippen molar-refractivity contribution in [2.75, 3.05) is 26.2 Å². The minimum absolute atomic E-state index is 0.161. The Morgan fingerprint density at radius 3 is 2.00 bits per heavy atom. The lowest BCUT2D eigenvalue weighted by atomic mass is 10.1. The van der Waals surface area contributed by atoms with Crippen molar-refractivity contribution in [1.29, 1.82) is 0 Å². The van der Waals surface area contributed by atoms with Crippen LogP contribution in [0.15, 0.2) is 48.5 Å². The zero-order chi connectivity index (χ0) is 23.1. The van der Waals surface area contributed by atoms with Crippen molar-refractivity contribution in [2.45, 2.75) is 59.5 Å². The molecule has 1 saturated heterocycles. The van der Waals surface area contributed by atoms with Gasteiger partial charge in [-0.05, 0) is 70.0 Å². The molecule has 0 aromatic heterocycles. The summed E-state index contributed by atoms with van der Waals surface area (Å²) in [6, 6.07) is 16.3. The standard InChI is InChI=1S/C26H36N2O4/c1-20(2)31-24-12-10-23(11-13-24)30-19-22-8-6-21(7-9-22)18-27-14-16-28(17-15-27)25(29)32-26(3,4)5/h6-13,20H,14-19H2,1-5H3. The molecule has 1 fully saturated rings. The van der Waals surface area contributed by atoms with Crippen molar-refractivity contribution in [3.8, 4) is 11.5 Å². The van der Waals surface area contributed by atoms with Gasteiger partial charge in [-0.2, -0.15) is 0 Å². The summed E-state index contributed by atoms with van der Waals surface area (Å²) in [6.45, 7) is 14.2. The molecule has 3 rings (SSSR count). The number of piperazine rings is 1. The summed E-state index contributed by atoms with van der Waals surface area (Å²) >= 11 is 0. The Hall–Kier alpha value is -2.73. The molecule has 32 heavy (non-hydrogen) atoms. The van der Waals surface area contributed by atoms with E-state index in [1.807, 2.05) is 58.9 Å². The highest BCUT2D eigenvalue weighted by molar-refractivity contribution is 5.68. The van der Waals surface area contributed by atoms with Gasteiger partial charge in [0.1, 0.15) is 23.7 Å². The van der Waals surface area contributed by atoms with Crippen LogP contribution in [-0.2, 0) is 17.9 Å². The third-order valence-corrected chi connectivity index (χ3v) is 5.05. The Labute approximate surface area is 192 Å². The molecule has 6 nitrogen and oxygen atoms in total. The smallest absolute Gasteiger partial charge is 0.410 e. The molecule has 174 valence electrons. The van der Waals surface area contributed by atoms with E-state index in [4.69, 9.17) is 14.2 Å². The molecule has 1 heterocycles. The van der Waals surface area contributed by atoms with Gasteiger partial charge in [-0.3, -0.25) is 4.90 Å². The van der Waals surface area contributed by atoms with Gasteiger partial charge >= 0.3 is 6.09 Å². The van der Waals surface area contributed by atoms with Crippen molar-refractivity contribution in [2.24, 2.45) is 0 Å². The number of carbonyl (C=O) groups excluding carboxylic acids is 1. The lowest BCUT2D eigenvalue weighted by molar-refractivity contribution is 0.0139. The first-order valence-corrected chi connectivity index (χ1v) is 11.4. The molecule has 1 amide bonds. The molecule has 2 aromatic carbocycles. The number of hydrogen-bond acceptors (Lipinski definition) is 5. The first-order chi connectivity index (χ1) is 15.2. The van der Waals surface area contributed by atoms with Crippen LogP contribution in [-0.4, -0.2) is 53.8 Å². The van der Waals surface area contributed by atoms with Gasteiger partial charge in [-0.25, -0.2) is 4.79 Å². The van der Waals surface area contributed by atoms with Crippen LogP contribution in [0.2, 0.25) is 0 Å². The van der Waals surface area contributed by atoms with Crippen molar-refractivity contribution in [3.63, 3.8) is 0 Å². The van der Waals surface area contributed by atoms with Crippen LogP contribution in [0.4, 0.5) is 4.79 Å². The summed E-state index contributed by atoms with van der Waals surface area (Å²) in [7, 11) is 0. The number of nitrogens with zero attached hydrogens (tertiary/aromatic N) is 2. The van der Waals surface area contributed by atoms with Gasteiger partial charge in [0.05, 0.1) is 6.10 Å². The van der Waals surface area contributed by atoms with Crippen LogP contribution in [0.5, 0.6) is 11.5 Å². The predicted octanol–water partition coefficient (Wildman–Crippen LogP) is 5.11. The molecule has 0 saturated carbocycles. The van der Waals surface area contributed by atoms with Crippen molar-refractivity contribution < 1.29 is 19.0 Å². The molecule has 0 spiro atoms. The SMILES string of the molecule is CC(C)Oc1ccc(OCc2ccc(CN3CCN(C(=O)OC(C)(C)C)CC3)cc2)cc1. The van der Waals surface area contributed by atoms with Gasteiger partial charge in [-0.15, -0.1) is 0 Å². The number of amides is 1. The molecule has 6 heteroatoms. The Morgan fingerprint density at radius 1 is 0.875 bits per heavy atom. The Morgan fingerprint density at radius 2 is 1.44 bits per heavy atom. The first-order valence-electron chi connectivity index (χ1n) is 11.4. The van der Waals surface area contributed by atoms with Crippen LogP contribution >= 0.6 is 0 Å². The zero-order valence-electron chi connectivity index (χ0n) is 20.0. The summed E-state index contributed by atoms with van der Waals surface area (Å²) < 4.78 is 17.0. The third-order valence-electron chi connectivity index (χ3n) is 5.05. The van der Waals surface area contributed by atoms with E-state index in [-0.39, 0.29) is 12.2 Å². The second kappa shape index (κ2) is 10.7. The lowest BCUT2D eigenvalue weighted by Crippen LogP contribution is -2.49. The minimum Gasteiger partial charge on any atom is -0.491 e. The van der Waals surface area contributed by atoms with E-state index in [2.05, 4.69) is 29.2 Å². The normalized spacial score (nSPS) is 15.0. The number of benzene rings is 2. The van der Waals surface area contributed by atoms with Gasteiger partial charge in [-0.1, -0.05) is 24.3 Å². The zero-order valence-corrected chi connectivity index (χ0v) is 20.0. The van der Waals surface area contributed by atoms with Crippen LogP contribution in [0.3, 0.4) is 0 Å². The van der Waals surface area contributed by atoms with E-state index in [1.54, 1.807) is 4.90 Å². The highest BCUT2D eigenvalue weighted by Crippen LogP contribution is 2.20. The average Bonchev–Trinajstić information content (AvgIpc) is 2.73. The van der Waals surface area contributed by atoms with Crippen molar-refractivity contribution in [1.82, 2.24) is 9.80 Å². The molecule has 0 aliphatic carbocycles. The fourth-order valence-corrected chi connectivity index (χ4v) is 3.47. The maximum atomic E-state index is 12.2. The molecule has 0 N–H and O–H groups in total. The Bertz CT molecular complexity index is 849. The van der Waals surface area contributed by atoms with Crippen molar-refractivity contribution in [3.05, 3.63) is 59.7 Å². The lowest BCUT2D eigenvalue weighted by Gasteiger charge is -2.35. The molecular weight excluding hydrogens is 404 g/mol. The van der Waals surface area contributed by atoms with E-state index in [1.165, 1.54) is 5.56 Å². The number of rotatable bonds is 7. The van der Waals surface area contributed by atoms with Crippen LogP contribution < -0.4 is 9.47 Å². The second-order valence-electron chi connectivity index (χ2n) is 9.49. The van der Waals surface area contributed by atoms with Gasteiger partial charge in [0, 0.05) is 32.7 Å². The van der Waals surface area contributed by atoms with Crippen molar-refractivity contribution >= 4 is 6.09 Å². The van der Waals surface area contributed by atoms with Gasteiger partial charge in [0.2, 0.25) is 0 Å². The fraction of sp³-hybridized carbons (Fsp3) is 0.500. The molecule has 0 unspecified atom stereocenters. The number of carbonyl (C=O) groups is 1. The second-order valence-corrected chi connectivity index (χ2v) is 9.49. The molecule has 0 bridgehead atoms.